The summed E-state index contributed by atoms with van der Waals surface area (Å²) in [5.41, 5.74) is 2.05. The molecule has 1 atom stereocenters. The van der Waals surface area contributed by atoms with E-state index in [0.29, 0.717) is 13.0 Å². The molecule has 1 aromatic carbocycles. The molecule has 3 rings (SSSR count). The van der Waals surface area contributed by atoms with Crippen LogP contribution in [-0.4, -0.2) is 31.2 Å². The van der Waals surface area contributed by atoms with Crippen molar-refractivity contribution < 1.29 is 13.9 Å². The van der Waals surface area contributed by atoms with Crippen LogP contribution in [0.3, 0.4) is 0 Å². The van der Waals surface area contributed by atoms with Gasteiger partial charge in [-0.2, -0.15) is 0 Å². The van der Waals surface area contributed by atoms with Crippen molar-refractivity contribution in [3.63, 3.8) is 0 Å². The van der Waals surface area contributed by atoms with E-state index in [9.17, 15) is 9.18 Å². The third kappa shape index (κ3) is 2.20. The first-order valence-electron chi connectivity index (χ1n) is 7.72. The number of ether oxygens (including phenoxy) is 1. The molecule has 1 aliphatic rings. The Morgan fingerprint density at radius 1 is 1.45 bits per heavy atom. The second-order valence-electron chi connectivity index (χ2n) is 5.92. The molecular weight excluding hydrogens is 283 g/mol. The number of methoxy groups -OCH3 is 1. The first-order valence-corrected chi connectivity index (χ1v) is 7.72. The molecule has 4 nitrogen and oxygen atoms in total. The molecule has 0 saturated carbocycles. The normalized spacial score (nSPS) is 21.4. The molecule has 0 aliphatic carbocycles. The number of benzene rings is 1. The fourth-order valence-electron chi connectivity index (χ4n) is 3.60. The van der Waals surface area contributed by atoms with Crippen molar-refractivity contribution in [1.29, 1.82) is 0 Å². The van der Waals surface area contributed by atoms with Gasteiger partial charge < -0.3 is 15.0 Å². The highest BCUT2D eigenvalue weighted by Gasteiger charge is 2.44. The molecule has 22 heavy (non-hydrogen) atoms. The predicted octanol–water partition coefficient (Wildman–Crippen LogP) is 2.66. The number of aromatic nitrogens is 1. The average molecular weight is 304 g/mol. The minimum atomic E-state index is -0.731. The molecule has 5 heteroatoms. The van der Waals surface area contributed by atoms with Crippen molar-refractivity contribution in [1.82, 2.24) is 10.3 Å². The van der Waals surface area contributed by atoms with E-state index in [-0.39, 0.29) is 11.8 Å². The van der Waals surface area contributed by atoms with Crippen molar-refractivity contribution in [2.24, 2.45) is 0 Å². The number of halogens is 1. The summed E-state index contributed by atoms with van der Waals surface area (Å²) in [5.74, 6) is -0.498. The topological polar surface area (TPSA) is 54.1 Å². The minimum Gasteiger partial charge on any atom is -0.468 e. The van der Waals surface area contributed by atoms with E-state index in [2.05, 4.69) is 17.2 Å². The molecule has 0 radical (unpaired) electrons. The maximum Gasteiger partial charge on any atom is 0.319 e. The van der Waals surface area contributed by atoms with Crippen molar-refractivity contribution in [2.45, 2.75) is 31.6 Å². The molecule has 0 spiro atoms. The smallest absolute Gasteiger partial charge is 0.319 e. The van der Waals surface area contributed by atoms with Crippen LogP contribution in [0.1, 0.15) is 31.0 Å². The number of hydrogen-bond acceptors (Lipinski definition) is 3. The van der Waals surface area contributed by atoms with Crippen LogP contribution in [0.4, 0.5) is 4.39 Å². The van der Waals surface area contributed by atoms with Crippen LogP contribution in [0, 0.1) is 5.82 Å². The number of carbonyl (C=O) groups is 1. The van der Waals surface area contributed by atoms with Gasteiger partial charge in [0.05, 0.1) is 7.11 Å². The summed E-state index contributed by atoms with van der Waals surface area (Å²) < 4.78 is 18.7. The van der Waals surface area contributed by atoms with Gasteiger partial charge in [-0.15, -0.1) is 0 Å². The van der Waals surface area contributed by atoms with Gasteiger partial charge in [-0.25, -0.2) is 4.39 Å². The Labute approximate surface area is 129 Å². The van der Waals surface area contributed by atoms with Gasteiger partial charge in [-0.05, 0) is 43.1 Å². The Bertz CT molecular complexity index is 710. The lowest BCUT2D eigenvalue weighted by Gasteiger charge is -2.29. The molecule has 1 aliphatic heterocycles. The summed E-state index contributed by atoms with van der Waals surface area (Å²) in [7, 11) is 1.42. The minimum absolute atomic E-state index is 0.239. The molecule has 118 valence electrons. The van der Waals surface area contributed by atoms with Gasteiger partial charge in [0.2, 0.25) is 0 Å². The first kappa shape index (κ1) is 15.0. The third-order valence-electron chi connectivity index (χ3n) is 4.58. The van der Waals surface area contributed by atoms with E-state index < -0.39 is 5.41 Å². The van der Waals surface area contributed by atoms with Gasteiger partial charge in [-0.3, -0.25) is 4.79 Å². The highest BCUT2D eigenvalue weighted by atomic mass is 19.1. The van der Waals surface area contributed by atoms with Crippen LogP contribution >= 0.6 is 0 Å². The van der Waals surface area contributed by atoms with Crippen LogP contribution in [0.5, 0.6) is 0 Å². The fraction of sp³-hybridized carbons (Fsp3) is 0.471. The third-order valence-corrected chi connectivity index (χ3v) is 4.58. The zero-order valence-electron chi connectivity index (χ0n) is 13.0. The fourth-order valence-corrected chi connectivity index (χ4v) is 3.60. The molecule has 1 aromatic heterocycles. The van der Waals surface area contributed by atoms with E-state index in [0.717, 1.165) is 41.5 Å². The Morgan fingerprint density at radius 2 is 2.27 bits per heavy atom. The van der Waals surface area contributed by atoms with Gasteiger partial charge in [0.25, 0.3) is 0 Å². The van der Waals surface area contributed by atoms with Crippen LogP contribution in [-0.2, 0) is 21.4 Å². The molecule has 2 heterocycles. The van der Waals surface area contributed by atoms with Crippen LogP contribution < -0.4 is 5.32 Å². The molecular formula is C17H21FN2O2. The summed E-state index contributed by atoms with van der Waals surface area (Å²) in [6.45, 7) is 3.35. The summed E-state index contributed by atoms with van der Waals surface area (Å²) in [6.07, 6.45) is 2.32. The zero-order valence-corrected chi connectivity index (χ0v) is 13.0. The summed E-state index contributed by atoms with van der Waals surface area (Å²) >= 11 is 0. The largest absolute Gasteiger partial charge is 0.468 e. The molecule has 1 unspecified atom stereocenters. The number of esters is 1. The number of hydrogen-bond donors (Lipinski definition) is 2. The SMILES string of the molecule is CCCC1(C(=O)OC)CNCCc2c1[nH]c1ccc(F)cc21. The Balaban J connectivity index is 2.27. The number of fused-ring (bicyclic) bond motifs is 3. The van der Waals surface area contributed by atoms with E-state index >= 15 is 0 Å². The highest BCUT2D eigenvalue weighted by Crippen LogP contribution is 2.38. The molecule has 2 aromatic rings. The summed E-state index contributed by atoms with van der Waals surface area (Å²) in [5, 5.41) is 4.20. The standard InChI is InChI=1S/C17H21FN2O2/c1-3-7-17(16(21)22-2)10-19-8-6-12-13-9-11(18)4-5-14(13)20-15(12)17/h4-5,9,19-20H,3,6-8,10H2,1-2H3. The summed E-state index contributed by atoms with van der Waals surface area (Å²) in [6, 6.07) is 4.72. The predicted molar refractivity (Wildman–Crippen MR) is 83.4 cm³/mol. The molecule has 0 amide bonds. The second kappa shape index (κ2) is 5.72. The van der Waals surface area contributed by atoms with Crippen molar-refractivity contribution in [3.05, 3.63) is 35.3 Å². The molecule has 0 fully saturated rings. The monoisotopic (exact) mass is 304 g/mol. The quantitative estimate of drug-likeness (QED) is 0.857. The van der Waals surface area contributed by atoms with E-state index in [1.165, 1.54) is 13.2 Å². The Morgan fingerprint density at radius 3 is 3.00 bits per heavy atom. The second-order valence-corrected chi connectivity index (χ2v) is 5.92. The van der Waals surface area contributed by atoms with Gasteiger partial charge in [-0.1, -0.05) is 13.3 Å². The van der Waals surface area contributed by atoms with E-state index in [1.54, 1.807) is 12.1 Å². The Hall–Kier alpha value is -1.88. The number of aromatic amines is 1. The van der Waals surface area contributed by atoms with Gasteiger partial charge in [0.1, 0.15) is 11.2 Å². The molecule has 0 bridgehead atoms. The maximum absolute atomic E-state index is 13.6. The Kier molecular flexibility index (Phi) is 3.91. The average Bonchev–Trinajstić information content (AvgIpc) is 2.77. The van der Waals surface area contributed by atoms with Gasteiger partial charge >= 0.3 is 5.97 Å². The van der Waals surface area contributed by atoms with Gasteiger partial charge in [0, 0.05) is 23.1 Å². The lowest BCUT2D eigenvalue weighted by molar-refractivity contribution is -0.148. The molecule has 0 saturated heterocycles. The molecule has 2 N–H and O–H groups in total. The highest BCUT2D eigenvalue weighted by molar-refractivity contribution is 5.91. The first-order chi connectivity index (χ1) is 10.6. The van der Waals surface area contributed by atoms with Crippen LogP contribution in [0.15, 0.2) is 18.2 Å². The van der Waals surface area contributed by atoms with Crippen LogP contribution in [0.2, 0.25) is 0 Å². The number of rotatable bonds is 3. The maximum atomic E-state index is 13.6. The van der Waals surface area contributed by atoms with Gasteiger partial charge in [0.15, 0.2) is 0 Å². The number of nitrogens with one attached hydrogen (secondary N) is 2. The summed E-state index contributed by atoms with van der Waals surface area (Å²) in [4.78, 5) is 15.9. The number of carbonyl (C=O) groups excluding carboxylic acids is 1. The van der Waals surface area contributed by atoms with Crippen molar-refractivity contribution in [3.8, 4) is 0 Å². The van der Waals surface area contributed by atoms with E-state index in [1.807, 2.05) is 0 Å². The van der Waals surface area contributed by atoms with Crippen LogP contribution in [0.25, 0.3) is 10.9 Å². The van der Waals surface area contributed by atoms with E-state index in [4.69, 9.17) is 4.74 Å². The van der Waals surface area contributed by atoms with Crippen molar-refractivity contribution in [2.75, 3.05) is 20.2 Å². The lowest BCUT2D eigenvalue weighted by atomic mass is 9.78. The zero-order chi connectivity index (χ0) is 15.7. The van der Waals surface area contributed by atoms with Crippen molar-refractivity contribution >= 4 is 16.9 Å². The lowest BCUT2D eigenvalue weighted by Crippen LogP contribution is -2.45. The number of H-pyrrole nitrogens is 1.